The molecule has 12 rings (SSSR count). The van der Waals surface area contributed by atoms with Crippen molar-refractivity contribution in [3.05, 3.63) is 213 Å². The number of carbonyl (C=O) groups is 5. The lowest BCUT2D eigenvalue weighted by molar-refractivity contribution is -0.0227. The van der Waals surface area contributed by atoms with Gasteiger partial charge < -0.3 is 49.2 Å². The van der Waals surface area contributed by atoms with E-state index in [9.17, 15) is 37.1 Å². The Morgan fingerprint density at radius 3 is 1.26 bits per heavy atom. The lowest BCUT2D eigenvalue weighted by Gasteiger charge is -2.41. The molecule has 0 saturated carbocycles. The van der Waals surface area contributed by atoms with E-state index in [0.717, 1.165) is 79.4 Å². The van der Waals surface area contributed by atoms with Crippen molar-refractivity contribution in [2.45, 2.75) is 128 Å². The summed E-state index contributed by atoms with van der Waals surface area (Å²) in [6, 6.07) is 43.6. The Balaban J connectivity index is 0.000000161. The highest BCUT2D eigenvalue weighted by atomic mass is 35.5. The lowest BCUT2D eigenvalue weighted by Crippen LogP contribution is -2.55. The SMILES string of the molecule is CC(C)(C)OC(=O)N1CC[C@H]1CO.CC(C)(C)OC(=O)N1CC[C@H]1COC(=O)N1CCc2ccccc2[C@@H]1c1ccc(F)cc1.COC(=O)Cl.Fc1ccc([C@@H]2NCCc3ccccc32)cc1.O=C(OC[C@@H]1CCN1)N1CCc2ccccc2[C@@H]1c1ccc(F)cc1. The summed E-state index contributed by atoms with van der Waals surface area (Å²) in [6.07, 6.45) is 3.79. The largest absolute Gasteiger partial charge is 0.457 e. The molecule has 6 aliphatic rings. The number of hydrogen-bond acceptors (Lipinski definition) is 13. The van der Waals surface area contributed by atoms with E-state index in [-0.39, 0.29) is 85.2 Å². The number of aliphatic hydroxyl groups excluding tert-OH is 1. The molecule has 6 heterocycles. The highest BCUT2D eigenvalue weighted by Gasteiger charge is 2.39. The molecular weight excluding hydrogens is 1210 g/mol. The van der Waals surface area contributed by atoms with Gasteiger partial charge in [-0.2, -0.15) is 0 Å². The van der Waals surface area contributed by atoms with E-state index in [1.165, 1.54) is 65.8 Å². The molecule has 0 radical (unpaired) electrons. The van der Waals surface area contributed by atoms with Gasteiger partial charge in [0.1, 0.15) is 41.9 Å². The van der Waals surface area contributed by atoms with Crippen LogP contribution >= 0.6 is 11.6 Å². The summed E-state index contributed by atoms with van der Waals surface area (Å²) in [4.78, 5) is 65.5. The van der Waals surface area contributed by atoms with Crippen LogP contribution in [0.4, 0.5) is 37.1 Å². The zero-order valence-electron chi connectivity index (χ0n) is 53.3. The third-order valence-electron chi connectivity index (χ3n) is 16.4. The van der Waals surface area contributed by atoms with Gasteiger partial charge in [-0.1, -0.05) is 109 Å². The summed E-state index contributed by atoms with van der Waals surface area (Å²) in [5.41, 5.74) is 8.24. The summed E-state index contributed by atoms with van der Waals surface area (Å²) in [5, 5.41) is 15.6. The second kappa shape index (κ2) is 32.4. The van der Waals surface area contributed by atoms with Crippen LogP contribution in [0.1, 0.15) is 129 Å². The second-order valence-electron chi connectivity index (χ2n) is 25.0. The number of rotatable bonds is 8. The van der Waals surface area contributed by atoms with Gasteiger partial charge in [-0.05, 0) is 173 Å². The molecule has 492 valence electrons. The average Bonchev–Trinajstić information content (AvgIpc) is 0.824. The van der Waals surface area contributed by atoms with Crippen LogP contribution < -0.4 is 10.6 Å². The number of hydrogen-bond donors (Lipinski definition) is 3. The monoisotopic (exact) mass is 1290 g/mol. The number of ether oxygens (including phenoxy) is 5. The minimum absolute atomic E-state index is 0.0270. The van der Waals surface area contributed by atoms with Crippen LogP contribution in [-0.2, 0) is 42.9 Å². The zero-order valence-corrected chi connectivity index (χ0v) is 54.0. The van der Waals surface area contributed by atoms with Gasteiger partial charge in [0.2, 0.25) is 0 Å². The van der Waals surface area contributed by atoms with Crippen molar-refractivity contribution in [3.63, 3.8) is 0 Å². The van der Waals surface area contributed by atoms with Gasteiger partial charge in [-0.15, -0.1) is 0 Å². The second-order valence-corrected chi connectivity index (χ2v) is 25.3. The summed E-state index contributed by atoms with van der Waals surface area (Å²) < 4.78 is 65.4. The van der Waals surface area contributed by atoms with Gasteiger partial charge in [0.25, 0.3) is 0 Å². The molecule has 92 heavy (non-hydrogen) atoms. The van der Waals surface area contributed by atoms with Crippen molar-refractivity contribution < 1.29 is 65.9 Å². The summed E-state index contributed by atoms with van der Waals surface area (Å²) in [5.74, 6) is -0.782. The molecular formula is C71H84ClF3N6O11. The third-order valence-corrected chi connectivity index (χ3v) is 16.5. The van der Waals surface area contributed by atoms with Crippen molar-refractivity contribution in [2.24, 2.45) is 0 Å². The number of nitrogens with one attached hydrogen (secondary N) is 2. The summed E-state index contributed by atoms with van der Waals surface area (Å²) in [7, 11) is 1.22. The van der Waals surface area contributed by atoms with E-state index in [1.807, 2.05) is 90.1 Å². The van der Waals surface area contributed by atoms with Gasteiger partial charge in [0.05, 0.1) is 43.9 Å². The topological polar surface area (TPSA) is 189 Å². The Bertz CT molecular complexity index is 3420. The number of carbonyl (C=O) groups excluding carboxylic acids is 5. The number of nitrogens with zero attached hydrogens (tertiary/aromatic N) is 4. The van der Waals surface area contributed by atoms with E-state index in [0.29, 0.717) is 32.8 Å². The van der Waals surface area contributed by atoms with Crippen LogP contribution in [0.5, 0.6) is 0 Å². The molecule has 21 heteroatoms. The molecule has 0 aromatic heterocycles. The molecule has 0 unspecified atom stereocenters. The van der Waals surface area contributed by atoms with Crippen LogP contribution in [-0.4, -0.2) is 150 Å². The molecule has 6 aromatic carbocycles. The Kier molecular flexibility index (Phi) is 24.6. The molecule has 6 atom stereocenters. The highest BCUT2D eigenvalue weighted by molar-refractivity contribution is 6.61. The van der Waals surface area contributed by atoms with Crippen LogP contribution in [0.25, 0.3) is 0 Å². The van der Waals surface area contributed by atoms with Crippen molar-refractivity contribution in [1.82, 2.24) is 30.2 Å². The summed E-state index contributed by atoms with van der Waals surface area (Å²) in [6.45, 7) is 15.8. The molecule has 0 aliphatic carbocycles. The first kappa shape index (κ1) is 69.7. The highest BCUT2D eigenvalue weighted by Crippen LogP contribution is 2.38. The molecule has 3 fully saturated rings. The first-order chi connectivity index (χ1) is 44.0. The number of methoxy groups -OCH3 is 1. The molecule has 6 aromatic rings. The number of aliphatic hydroxyl groups is 1. The molecule has 4 amide bonds. The summed E-state index contributed by atoms with van der Waals surface area (Å²) >= 11 is 4.60. The van der Waals surface area contributed by atoms with Crippen molar-refractivity contribution in [3.8, 4) is 0 Å². The van der Waals surface area contributed by atoms with Crippen LogP contribution in [0, 0.1) is 17.5 Å². The minimum atomic E-state index is -0.773. The smallest absolute Gasteiger partial charge is 0.410 e. The normalized spacial score (nSPS) is 20.0. The van der Waals surface area contributed by atoms with Gasteiger partial charge in [-0.25, -0.2) is 37.1 Å². The van der Waals surface area contributed by atoms with Gasteiger partial charge >= 0.3 is 29.8 Å². The van der Waals surface area contributed by atoms with Crippen LogP contribution in [0.15, 0.2) is 146 Å². The number of likely N-dealkylation sites (tertiary alicyclic amines) is 2. The van der Waals surface area contributed by atoms with E-state index in [2.05, 4.69) is 63.4 Å². The molecule has 17 nitrogen and oxygen atoms in total. The predicted molar refractivity (Wildman–Crippen MR) is 344 cm³/mol. The Labute approximate surface area is 542 Å². The quantitative estimate of drug-likeness (QED) is 0.0965. The lowest BCUT2D eigenvalue weighted by atomic mass is 9.88. The predicted octanol–water partition coefficient (Wildman–Crippen LogP) is 13.2. The fourth-order valence-electron chi connectivity index (χ4n) is 11.4. The fraction of sp³-hybridized carbons (Fsp3) is 0.423. The fourth-order valence-corrected chi connectivity index (χ4v) is 11.4. The average molecular weight is 1290 g/mol. The number of fused-ring (bicyclic) bond motifs is 3. The van der Waals surface area contributed by atoms with E-state index < -0.39 is 22.7 Å². The minimum Gasteiger partial charge on any atom is -0.457 e. The van der Waals surface area contributed by atoms with Crippen molar-refractivity contribution in [1.29, 1.82) is 0 Å². The van der Waals surface area contributed by atoms with Crippen molar-refractivity contribution >= 4 is 41.4 Å². The first-order valence-corrected chi connectivity index (χ1v) is 31.6. The van der Waals surface area contributed by atoms with Gasteiger partial charge in [0, 0.05) is 50.4 Å². The Morgan fingerprint density at radius 2 is 0.880 bits per heavy atom. The Hall–Kier alpha value is -8.17. The van der Waals surface area contributed by atoms with Crippen molar-refractivity contribution in [2.75, 3.05) is 66.2 Å². The molecule has 6 aliphatic heterocycles. The Morgan fingerprint density at radius 1 is 0.489 bits per heavy atom. The third kappa shape index (κ3) is 19.2. The van der Waals surface area contributed by atoms with Crippen LogP contribution in [0.2, 0.25) is 0 Å². The zero-order chi connectivity index (χ0) is 66.1. The number of halogens is 4. The van der Waals surface area contributed by atoms with Crippen LogP contribution in [0.3, 0.4) is 0 Å². The van der Waals surface area contributed by atoms with E-state index >= 15 is 0 Å². The van der Waals surface area contributed by atoms with E-state index in [1.54, 1.807) is 43.9 Å². The maximum atomic E-state index is 13.5. The maximum Gasteiger partial charge on any atom is 0.410 e. The standard InChI is InChI=1S/C25H29FN2O4.C20H21FN2O2.C15H14FN.C9H17NO3.C2H3ClO2/c1-25(2,3)32-24(30)27-15-13-20(27)16-31-23(29)28-14-12-17-6-4-5-7-21(17)22(28)18-8-10-19(26)11-9-18;21-16-7-5-15(6-8-16)19-18-4-2-1-3-14(18)10-12-23(19)20(24)25-13-17-9-11-22-17;16-13-7-5-12(6-8-13)15-14-4-2-1-3-11(14)9-10-17-15;1-9(2,3)13-8(12)10-5-4-7(10)6-11;1-5-2(3)4/h4-11,20,22H,12-16H2,1-3H3;1-8,17,19,22H,9-13H2;1-8,15,17H,9-10H2;7,11H,4-6H2,1-3H3;1H3/t20-,22-;17-,19-;15-;7-;/m0000./s1. The number of benzene rings is 6. The number of amides is 4. The maximum absolute atomic E-state index is 13.5. The first-order valence-electron chi connectivity index (χ1n) is 31.2. The molecule has 3 N–H and O–H groups in total. The van der Waals surface area contributed by atoms with Gasteiger partial charge in [-0.3, -0.25) is 9.80 Å². The van der Waals surface area contributed by atoms with E-state index in [4.69, 9.17) is 24.1 Å². The van der Waals surface area contributed by atoms with Gasteiger partial charge in [0.15, 0.2) is 0 Å². The molecule has 3 saturated heterocycles. The molecule has 0 bridgehead atoms. The molecule has 0 spiro atoms.